The Labute approximate surface area is 154 Å². The SMILES string of the molecule is Fc1ccc(Cc2nnc(N3CCN(Cc4cccs4)CC3)s2)cc1. The van der Waals surface area contributed by atoms with Gasteiger partial charge in [-0.1, -0.05) is 29.5 Å². The molecule has 0 saturated carbocycles. The van der Waals surface area contributed by atoms with E-state index in [-0.39, 0.29) is 5.82 Å². The normalized spacial score (nSPS) is 15.6. The van der Waals surface area contributed by atoms with Gasteiger partial charge in [0, 0.05) is 44.0 Å². The highest BCUT2D eigenvalue weighted by Crippen LogP contribution is 2.24. The Morgan fingerprint density at radius 2 is 1.80 bits per heavy atom. The van der Waals surface area contributed by atoms with Crippen LogP contribution in [0.5, 0.6) is 0 Å². The van der Waals surface area contributed by atoms with Gasteiger partial charge in [0.2, 0.25) is 5.13 Å². The lowest BCUT2D eigenvalue weighted by Crippen LogP contribution is -2.45. The van der Waals surface area contributed by atoms with E-state index in [9.17, 15) is 4.39 Å². The second-order valence-electron chi connectivity index (χ2n) is 6.12. The first-order chi connectivity index (χ1) is 12.3. The average molecular weight is 375 g/mol. The molecule has 0 N–H and O–H groups in total. The number of piperazine rings is 1. The van der Waals surface area contributed by atoms with E-state index < -0.39 is 0 Å². The third kappa shape index (κ3) is 4.23. The zero-order valence-corrected chi connectivity index (χ0v) is 15.4. The number of nitrogens with zero attached hydrogens (tertiary/aromatic N) is 4. The first-order valence-electron chi connectivity index (χ1n) is 8.33. The molecule has 4 nitrogen and oxygen atoms in total. The van der Waals surface area contributed by atoms with E-state index >= 15 is 0 Å². The predicted octanol–water partition coefficient (Wildman–Crippen LogP) is 3.65. The summed E-state index contributed by atoms with van der Waals surface area (Å²) >= 11 is 3.46. The first-order valence-corrected chi connectivity index (χ1v) is 10.0. The molecule has 0 radical (unpaired) electrons. The van der Waals surface area contributed by atoms with Gasteiger partial charge in [-0.2, -0.15) is 0 Å². The van der Waals surface area contributed by atoms with Crippen molar-refractivity contribution in [2.45, 2.75) is 13.0 Å². The second-order valence-corrected chi connectivity index (χ2v) is 8.20. The maximum Gasteiger partial charge on any atom is 0.208 e. The standard InChI is InChI=1S/C18H19FN4S2/c19-15-5-3-14(4-6-15)12-17-20-21-18(25-17)23-9-7-22(8-10-23)13-16-2-1-11-24-16/h1-6,11H,7-10,12-13H2. The lowest BCUT2D eigenvalue weighted by Gasteiger charge is -2.34. The number of aromatic nitrogens is 2. The summed E-state index contributed by atoms with van der Waals surface area (Å²) in [4.78, 5) is 6.23. The lowest BCUT2D eigenvalue weighted by molar-refractivity contribution is 0.252. The predicted molar refractivity (Wildman–Crippen MR) is 101 cm³/mol. The van der Waals surface area contributed by atoms with Gasteiger partial charge in [0.15, 0.2) is 0 Å². The summed E-state index contributed by atoms with van der Waals surface area (Å²) in [7, 11) is 0. The van der Waals surface area contributed by atoms with Gasteiger partial charge in [-0.25, -0.2) is 4.39 Å². The quantitative estimate of drug-likeness (QED) is 0.682. The summed E-state index contributed by atoms with van der Waals surface area (Å²) in [5, 5.41) is 12.8. The lowest BCUT2D eigenvalue weighted by atomic mass is 10.2. The number of rotatable bonds is 5. The summed E-state index contributed by atoms with van der Waals surface area (Å²) in [5.41, 5.74) is 1.06. The highest BCUT2D eigenvalue weighted by molar-refractivity contribution is 7.15. The molecule has 3 aromatic rings. The van der Waals surface area contributed by atoms with Crippen molar-refractivity contribution in [2.75, 3.05) is 31.1 Å². The van der Waals surface area contributed by atoms with Crippen LogP contribution in [0.3, 0.4) is 0 Å². The van der Waals surface area contributed by atoms with E-state index in [0.717, 1.165) is 48.4 Å². The Bertz CT molecular complexity index is 793. The van der Waals surface area contributed by atoms with Gasteiger partial charge >= 0.3 is 0 Å². The van der Waals surface area contributed by atoms with Crippen LogP contribution in [0.2, 0.25) is 0 Å². The molecule has 0 spiro atoms. The van der Waals surface area contributed by atoms with Crippen LogP contribution in [0.4, 0.5) is 9.52 Å². The van der Waals surface area contributed by atoms with Crippen molar-refractivity contribution in [1.29, 1.82) is 0 Å². The summed E-state index contributed by atoms with van der Waals surface area (Å²) < 4.78 is 13.0. The molecule has 2 aromatic heterocycles. The van der Waals surface area contributed by atoms with Crippen molar-refractivity contribution in [2.24, 2.45) is 0 Å². The second kappa shape index (κ2) is 7.59. The zero-order valence-electron chi connectivity index (χ0n) is 13.8. The Balaban J connectivity index is 1.32. The zero-order chi connectivity index (χ0) is 17.1. The number of anilines is 1. The van der Waals surface area contributed by atoms with E-state index in [1.165, 1.54) is 17.0 Å². The minimum atomic E-state index is -0.206. The maximum atomic E-state index is 13.0. The molecule has 0 aliphatic carbocycles. The fourth-order valence-corrected chi connectivity index (χ4v) is 4.61. The maximum absolute atomic E-state index is 13.0. The van der Waals surface area contributed by atoms with Crippen LogP contribution in [-0.4, -0.2) is 41.3 Å². The molecular weight excluding hydrogens is 355 g/mol. The number of benzene rings is 1. The Morgan fingerprint density at radius 3 is 2.52 bits per heavy atom. The van der Waals surface area contributed by atoms with E-state index in [0.29, 0.717) is 6.42 Å². The summed E-state index contributed by atoms with van der Waals surface area (Å²) in [6, 6.07) is 10.9. The highest BCUT2D eigenvalue weighted by Gasteiger charge is 2.20. The molecule has 25 heavy (non-hydrogen) atoms. The topological polar surface area (TPSA) is 32.3 Å². The largest absolute Gasteiger partial charge is 0.344 e. The minimum absolute atomic E-state index is 0.206. The van der Waals surface area contributed by atoms with Crippen molar-refractivity contribution in [1.82, 2.24) is 15.1 Å². The fourth-order valence-electron chi connectivity index (χ4n) is 2.94. The number of hydrogen-bond donors (Lipinski definition) is 0. The molecule has 1 aliphatic heterocycles. The molecule has 7 heteroatoms. The molecule has 0 unspecified atom stereocenters. The van der Waals surface area contributed by atoms with Gasteiger partial charge in [0.25, 0.3) is 0 Å². The fraction of sp³-hybridized carbons (Fsp3) is 0.333. The van der Waals surface area contributed by atoms with Gasteiger partial charge < -0.3 is 4.90 Å². The Morgan fingerprint density at radius 1 is 1.00 bits per heavy atom. The van der Waals surface area contributed by atoms with Crippen LogP contribution >= 0.6 is 22.7 Å². The van der Waals surface area contributed by atoms with Gasteiger partial charge in [-0.3, -0.25) is 4.90 Å². The third-order valence-electron chi connectivity index (χ3n) is 4.33. The van der Waals surface area contributed by atoms with Crippen molar-refractivity contribution in [3.63, 3.8) is 0 Å². The van der Waals surface area contributed by atoms with E-state index in [2.05, 4.69) is 37.5 Å². The van der Waals surface area contributed by atoms with Crippen LogP contribution < -0.4 is 4.90 Å². The van der Waals surface area contributed by atoms with E-state index in [1.54, 1.807) is 23.5 Å². The molecule has 130 valence electrons. The van der Waals surface area contributed by atoms with Gasteiger partial charge in [0.05, 0.1) is 0 Å². The molecule has 0 bridgehead atoms. The number of halogens is 1. The molecule has 4 rings (SSSR count). The molecule has 0 amide bonds. The molecule has 1 fully saturated rings. The minimum Gasteiger partial charge on any atom is -0.344 e. The molecule has 1 aliphatic rings. The first kappa shape index (κ1) is 16.6. The Kier molecular flexibility index (Phi) is 5.05. The monoisotopic (exact) mass is 374 g/mol. The summed E-state index contributed by atoms with van der Waals surface area (Å²) in [6.45, 7) is 5.10. The summed E-state index contributed by atoms with van der Waals surface area (Å²) in [6.07, 6.45) is 0.705. The smallest absolute Gasteiger partial charge is 0.208 e. The van der Waals surface area contributed by atoms with Crippen LogP contribution in [-0.2, 0) is 13.0 Å². The van der Waals surface area contributed by atoms with Crippen molar-refractivity contribution in [3.05, 3.63) is 63.0 Å². The third-order valence-corrected chi connectivity index (χ3v) is 6.17. The Hall–Kier alpha value is -1.83. The average Bonchev–Trinajstić information content (AvgIpc) is 3.30. The molecule has 3 heterocycles. The van der Waals surface area contributed by atoms with Crippen LogP contribution in [0.15, 0.2) is 41.8 Å². The highest BCUT2D eigenvalue weighted by atomic mass is 32.1. The molecular formula is C18H19FN4S2. The van der Waals surface area contributed by atoms with Crippen LogP contribution in [0.1, 0.15) is 15.4 Å². The summed E-state index contributed by atoms with van der Waals surface area (Å²) in [5.74, 6) is -0.206. The molecule has 1 saturated heterocycles. The van der Waals surface area contributed by atoms with Gasteiger partial charge in [-0.15, -0.1) is 21.5 Å². The van der Waals surface area contributed by atoms with Gasteiger partial charge in [0.1, 0.15) is 10.8 Å². The van der Waals surface area contributed by atoms with Crippen LogP contribution in [0.25, 0.3) is 0 Å². The van der Waals surface area contributed by atoms with E-state index in [1.807, 2.05) is 11.3 Å². The van der Waals surface area contributed by atoms with Crippen molar-refractivity contribution >= 4 is 27.8 Å². The molecule has 0 atom stereocenters. The van der Waals surface area contributed by atoms with E-state index in [4.69, 9.17) is 0 Å². The van der Waals surface area contributed by atoms with Crippen molar-refractivity contribution < 1.29 is 4.39 Å². The molecule has 1 aromatic carbocycles. The van der Waals surface area contributed by atoms with Crippen molar-refractivity contribution in [3.8, 4) is 0 Å². The number of thiophene rings is 1. The van der Waals surface area contributed by atoms with Gasteiger partial charge in [-0.05, 0) is 29.1 Å². The number of hydrogen-bond acceptors (Lipinski definition) is 6. The van der Waals surface area contributed by atoms with Crippen LogP contribution in [0, 0.1) is 5.82 Å².